The van der Waals surface area contributed by atoms with Crippen molar-refractivity contribution in [3.63, 3.8) is 0 Å². The Kier molecular flexibility index (Phi) is 6.29. The van der Waals surface area contributed by atoms with E-state index in [2.05, 4.69) is 41.5 Å². The van der Waals surface area contributed by atoms with Gasteiger partial charge in [0, 0.05) is 6.54 Å². The number of hydrogen-bond donors (Lipinski definition) is 1. The minimum atomic E-state index is -1.95. The summed E-state index contributed by atoms with van der Waals surface area (Å²) in [6.07, 6.45) is 0. The Bertz CT molecular complexity index is 436. The van der Waals surface area contributed by atoms with Crippen molar-refractivity contribution in [1.29, 1.82) is 0 Å². The lowest BCUT2D eigenvalue weighted by atomic mass is 10.2. The Morgan fingerprint density at radius 1 is 0.952 bits per heavy atom. The van der Waals surface area contributed by atoms with Crippen LogP contribution in [0.3, 0.4) is 0 Å². The van der Waals surface area contributed by atoms with Gasteiger partial charge in [-0.25, -0.2) is 0 Å². The lowest BCUT2D eigenvalue weighted by Crippen LogP contribution is -2.50. The second-order valence-electron chi connectivity index (χ2n) is 6.61. The maximum Gasteiger partial charge on any atom is 0.258 e. The van der Waals surface area contributed by atoms with E-state index in [0.29, 0.717) is 23.2 Å². The minimum Gasteiger partial charge on any atom is -0.540 e. The molecule has 0 aliphatic rings. The molecule has 120 valence electrons. The number of ether oxygens (including phenoxy) is 1. The van der Waals surface area contributed by atoms with Crippen LogP contribution in [0.15, 0.2) is 18.2 Å². The highest BCUT2D eigenvalue weighted by Crippen LogP contribution is 2.44. The molecule has 1 aromatic carbocycles. The predicted octanol–water partition coefficient (Wildman–Crippen LogP) is 4.71. The van der Waals surface area contributed by atoms with Crippen LogP contribution in [-0.4, -0.2) is 15.4 Å². The summed E-state index contributed by atoms with van der Waals surface area (Å²) in [5, 5.41) is 0. The summed E-state index contributed by atoms with van der Waals surface area (Å²) >= 11 is 0. The lowest BCUT2D eigenvalue weighted by Gasteiger charge is -2.42. The summed E-state index contributed by atoms with van der Waals surface area (Å²) in [4.78, 5) is 0. The second-order valence-corrected chi connectivity index (χ2v) is 12.0. The Morgan fingerprint density at radius 3 is 1.86 bits per heavy atom. The average Bonchev–Trinajstić information content (AvgIpc) is 2.43. The number of rotatable bonds is 7. The molecular weight excluding hydrogens is 278 g/mol. The fourth-order valence-corrected chi connectivity index (χ4v) is 8.72. The van der Waals surface area contributed by atoms with E-state index in [1.165, 1.54) is 0 Å². The molecule has 0 saturated heterocycles. The van der Waals surface area contributed by atoms with E-state index in [1.54, 1.807) is 7.11 Å². The SMILES string of the molecule is COc1cc(CN)ccc1O[Si](C(C)C)(C(C)C)C(C)C. The zero-order chi connectivity index (χ0) is 16.2. The monoisotopic (exact) mass is 309 g/mol. The van der Waals surface area contributed by atoms with Gasteiger partial charge in [-0.15, -0.1) is 0 Å². The minimum absolute atomic E-state index is 0.512. The van der Waals surface area contributed by atoms with E-state index < -0.39 is 8.32 Å². The van der Waals surface area contributed by atoms with E-state index in [-0.39, 0.29) is 0 Å². The zero-order valence-electron chi connectivity index (χ0n) is 14.6. The first-order valence-electron chi connectivity index (χ1n) is 7.85. The van der Waals surface area contributed by atoms with Crippen LogP contribution in [0.5, 0.6) is 11.5 Å². The summed E-state index contributed by atoms with van der Waals surface area (Å²) in [5.41, 5.74) is 8.38. The summed E-state index contributed by atoms with van der Waals surface area (Å²) in [6.45, 7) is 14.2. The van der Waals surface area contributed by atoms with Gasteiger partial charge >= 0.3 is 0 Å². The Labute approximate surface area is 131 Å². The molecular formula is C17H31NO2Si. The molecule has 0 unspecified atom stereocenters. The van der Waals surface area contributed by atoms with Gasteiger partial charge in [-0.2, -0.15) is 0 Å². The highest BCUT2D eigenvalue weighted by atomic mass is 28.4. The van der Waals surface area contributed by atoms with E-state index in [4.69, 9.17) is 14.9 Å². The van der Waals surface area contributed by atoms with E-state index in [1.807, 2.05) is 18.2 Å². The maximum atomic E-state index is 6.68. The first kappa shape index (κ1) is 18.0. The predicted molar refractivity (Wildman–Crippen MR) is 92.6 cm³/mol. The quantitative estimate of drug-likeness (QED) is 0.742. The molecule has 0 aliphatic heterocycles. The summed E-state index contributed by atoms with van der Waals surface area (Å²) in [6, 6.07) is 6.02. The van der Waals surface area contributed by atoms with Crippen LogP contribution in [0.2, 0.25) is 16.6 Å². The molecule has 0 heterocycles. The first-order valence-corrected chi connectivity index (χ1v) is 9.99. The highest BCUT2D eigenvalue weighted by molar-refractivity contribution is 6.78. The lowest BCUT2D eigenvalue weighted by molar-refractivity contribution is 0.382. The molecule has 0 fully saturated rings. The van der Waals surface area contributed by atoms with Crippen LogP contribution in [0.1, 0.15) is 47.1 Å². The van der Waals surface area contributed by atoms with Gasteiger partial charge in [0.15, 0.2) is 5.75 Å². The van der Waals surface area contributed by atoms with Crippen LogP contribution >= 0.6 is 0 Å². The number of methoxy groups -OCH3 is 1. The third-order valence-electron chi connectivity index (χ3n) is 4.46. The molecule has 3 nitrogen and oxygen atoms in total. The van der Waals surface area contributed by atoms with Crippen LogP contribution in [0, 0.1) is 0 Å². The maximum absolute atomic E-state index is 6.68. The summed E-state index contributed by atoms with van der Waals surface area (Å²) in [7, 11) is -0.269. The molecule has 1 aromatic rings. The second kappa shape index (κ2) is 7.32. The third kappa shape index (κ3) is 3.61. The molecule has 1 rings (SSSR count). The van der Waals surface area contributed by atoms with Gasteiger partial charge in [-0.1, -0.05) is 47.6 Å². The van der Waals surface area contributed by atoms with Crippen molar-refractivity contribution >= 4 is 8.32 Å². The Balaban J connectivity index is 3.26. The van der Waals surface area contributed by atoms with Gasteiger partial charge < -0.3 is 14.9 Å². The fraction of sp³-hybridized carbons (Fsp3) is 0.647. The molecule has 0 bridgehead atoms. The van der Waals surface area contributed by atoms with Crippen molar-refractivity contribution in [1.82, 2.24) is 0 Å². The molecule has 0 saturated carbocycles. The van der Waals surface area contributed by atoms with Crippen molar-refractivity contribution in [2.75, 3.05) is 7.11 Å². The zero-order valence-corrected chi connectivity index (χ0v) is 15.6. The van der Waals surface area contributed by atoms with Crippen LogP contribution < -0.4 is 14.9 Å². The van der Waals surface area contributed by atoms with Gasteiger partial charge in [0.1, 0.15) is 5.75 Å². The molecule has 0 amide bonds. The van der Waals surface area contributed by atoms with Gasteiger partial charge in [0.25, 0.3) is 8.32 Å². The van der Waals surface area contributed by atoms with Gasteiger partial charge in [0.05, 0.1) is 7.11 Å². The fourth-order valence-electron chi connectivity index (χ4n) is 3.47. The van der Waals surface area contributed by atoms with Crippen molar-refractivity contribution in [2.24, 2.45) is 5.73 Å². The van der Waals surface area contributed by atoms with E-state index in [0.717, 1.165) is 17.1 Å². The van der Waals surface area contributed by atoms with Crippen molar-refractivity contribution < 1.29 is 9.16 Å². The molecule has 0 aromatic heterocycles. The smallest absolute Gasteiger partial charge is 0.258 e. The molecule has 0 radical (unpaired) electrons. The number of benzene rings is 1. The first-order chi connectivity index (χ1) is 9.79. The van der Waals surface area contributed by atoms with E-state index in [9.17, 15) is 0 Å². The number of hydrogen-bond acceptors (Lipinski definition) is 3. The molecule has 0 aliphatic carbocycles. The standard InChI is InChI=1S/C17H31NO2Si/c1-12(2)21(13(3)4,14(5)6)20-16-9-8-15(11-18)10-17(16)19-7/h8-10,12-14H,11,18H2,1-7H3. The topological polar surface area (TPSA) is 44.5 Å². The summed E-state index contributed by atoms with van der Waals surface area (Å²) < 4.78 is 12.2. The molecule has 2 N–H and O–H groups in total. The average molecular weight is 310 g/mol. The Hall–Kier alpha value is -1.00. The Morgan fingerprint density at radius 2 is 1.48 bits per heavy atom. The van der Waals surface area contributed by atoms with Crippen LogP contribution in [0.25, 0.3) is 0 Å². The van der Waals surface area contributed by atoms with Crippen LogP contribution in [-0.2, 0) is 6.54 Å². The summed E-state index contributed by atoms with van der Waals surface area (Å²) in [5.74, 6) is 1.65. The largest absolute Gasteiger partial charge is 0.540 e. The van der Waals surface area contributed by atoms with Crippen LogP contribution in [0.4, 0.5) is 0 Å². The highest BCUT2D eigenvalue weighted by Gasteiger charge is 2.47. The number of nitrogens with two attached hydrogens (primary N) is 1. The van der Waals surface area contributed by atoms with Gasteiger partial charge in [-0.3, -0.25) is 0 Å². The normalized spacial score (nSPS) is 12.3. The van der Waals surface area contributed by atoms with Gasteiger partial charge in [-0.05, 0) is 34.3 Å². The molecule has 0 spiro atoms. The molecule has 4 heteroatoms. The van der Waals surface area contributed by atoms with Gasteiger partial charge in [0.2, 0.25) is 0 Å². The van der Waals surface area contributed by atoms with E-state index >= 15 is 0 Å². The molecule has 21 heavy (non-hydrogen) atoms. The van der Waals surface area contributed by atoms with Crippen molar-refractivity contribution in [3.8, 4) is 11.5 Å². The van der Waals surface area contributed by atoms with Crippen molar-refractivity contribution in [3.05, 3.63) is 23.8 Å². The third-order valence-corrected chi connectivity index (χ3v) is 10.4. The molecule has 0 atom stereocenters. The van der Waals surface area contributed by atoms with Crippen molar-refractivity contribution in [2.45, 2.75) is 64.7 Å².